The maximum atomic E-state index is 12.9. The van der Waals surface area contributed by atoms with E-state index in [1.54, 1.807) is 0 Å². The number of carbonyl (C=O) groups excluding carboxylic acids is 1. The van der Waals surface area contributed by atoms with Crippen LogP contribution in [0, 0.1) is 0 Å². The minimum absolute atomic E-state index is 0.0570. The molecule has 0 saturated carbocycles. The average molecular weight is 953 g/mol. The Hall–Kier alpha value is -2.31. The molecule has 2 heterocycles. The van der Waals surface area contributed by atoms with Crippen LogP contribution in [0.3, 0.4) is 0 Å². The second-order valence-electron chi connectivity index (χ2n) is 18.0. The van der Waals surface area contributed by atoms with Gasteiger partial charge < -0.3 is 64.2 Å². The standard InChI is InChI=1S/C53H92O14/c1-3-5-7-9-11-12-13-14-15-16-17-18-19-20-21-22-23-24-25-26-27-28-29-31-33-35-37-62-39-42(65-45(55)36-34-32-30-10-8-6-4-2)40-63-52-51(61)49(59)47(57)44(67-52)41-64-53-50(60)48(58)46(56)43(38-54)66-53/h5,7,11-12,14-15,17-18,20-21,42-44,46-54,56-61H,3-4,6,8-10,13,16,19,22-41H2,1-2H3/b7-5-,12-11-,15-14-,18-17-,21-20-. The predicted molar refractivity (Wildman–Crippen MR) is 261 cm³/mol. The fourth-order valence-corrected chi connectivity index (χ4v) is 7.84. The van der Waals surface area contributed by atoms with Gasteiger partial charge in [0.25, 0.3) is 0 Å². The summed E-state index contributed by atoms with van der Waals surface area (Å²) in [5.74, 6) is -0.387. The van der Waals surface area contributed by atoms with E-state index in [1.807, 2.05) is 0 Å². The molecule has 388 valence electrons. The smallest absolute Gasteiger partial charge is 0.306 e. The van der Waals surface area contributed by atoms with Gasteiger partial charge in [-0.2, -0.15) is 0 Å². The minimum Gasteiger partial charge on any atom is -0.457 e. The molecule has 0 amide bonds. The van der Waals surface area contributed by atoms with E-state index in [0.29, 0.717) is 13.0 Å². The molecular formula is C53H92O14. The molecule has 2 saturated heterocycles. The summed E-state index contributed by atoms with van der Waals surface area (Å²) in [6.45, 7) is 3.50. The fourth-order valence-electron chi connectivity index (χ4n) is 7.84. The zero-order valence-corrected chi connectivity index (χ0v) is 41.1. The molecule has 2 aliphatic rings. The Kier molecular flexibility index (Phi) is 36.7. The third-order valence-corrected chi connectivity index (χ3v) is 12.0. The molecule has 0 aromatic rings. The summed E-state index contributed by atoms with van der Waals surface area (Å²) >= 11 is 0. The third-order valence-electron chi connectivity index (χ3n) is 12.0. The molecule has 0 aliphatic carbocycles. The summed E-state index contributed by atoms with van der Waals surface area (Å²) in [5, 5.41) is 71.9. The van der Waals surface area contributed by atoms with Gasteiger partial charge >= 0.3 is 5.97 Å². The summed E-state index contributed by atoms with van der Waals surface area (Å²) in [4.78, 5) is 12.9. The van der Waals surface area contributed by atoms with Crippen LogP contribution in [0.5, 0.6) is 0 Å². The Morgan fingerprint density at radius 2 is 0.970 bits per heavy atom. The highest BCUT2D eigenvalue weighted by atomic mass is 16.7. The Labute approximate surface area is 403 Å². The van der Waals surface area contributed by atoms with Gasteiger partial charge in [0.1, 0.15) is 54.9 Å². The van der Waals surface area contributed by atoms with E-state index in [1.165, 1.54) is 64.2 Å². The van der Waals surface area contributed by atoms with E-state index < -0.39 is 80.7 Å². The number of hydrogen-bond acceptors (Lipinski definition) is 14. The van der Waals surface area contributed by atoms with Crippen LogP contribution in [0.2, 0.25) is 0 Å². The van der Waals surface area contributed by atoms with Crippen LogP contribution >= 0.6 is 0 Å². The molecular weight excluding hydrogens is 861 g/mol. The van der Waals surface area contributed by atoms with Crippen molar-refractivity contribution in [2.75, 3.05) is 33.0 Å². The first-order valence-electron chi connectivity index (χ1n) is 25.9. The van der Waals surface area contributed by atoms with Gasteiger partial charge in [0.2, 0.25) is 0 Å². The topological polar surface area (TPSA) is 214 Å². The Balaban J connectivity index is 1.65. The van der Waals surface area contributed by atoms with E-state index in [9.17, 15) is 40.5 Å². The largest absolute Gasteiger partial charge is 0.457 e. The van der Waals surface area contributed by atoms with Crippen molar-refractivity contribution in [3.05, 3.63) is 60.8 Å². The summed E-state index contributed by atoms with van der Waals surface area (Å²) in [5.41, 5.74) is 0. The number of aliphatic hydroxyl groups is 7. The van der Waals surface area contributed by atoms with Crippen molar-refractivity contribution >= 4 is 5.97 Å². The molecule has 0 spiro atoms. The number of allylic oxidation sites excluding steroid dienone is 10. The molecule has 14 nitrogen and oxygen atoms in total. The van der Waals surface area contributed by atoms with Gasteiger partial charge in [-0.1, -0.05) is 164 Å². The SMILES string of the molecule is CC/C=C\C/C=C\C/C=C\C/C=C\C/C=C\CCCCCCCCCCCCOCC(COC1OC(COC2OC(CO)C(O)C(O)C2O)C(O)C(O)C1O)OC(=O)CCCCCCCCC. The van der Waals surface area contributed by atoms with Gasteiger partial charge in [-0.3, -0.25) is 4.79 Å². The first kappa shape index (κ1) is 60.8. The minimum atomic E-state index is -1.71. The number of rotatable bonds is 40. The van der Waals surface area contributed by atoms with E-state index >= 15 is 0 Å². The molecule has 2 fully saturated rings. The number of unbranched alkanes of at least 4 members (excludes halogenated alkanes) is 16. The zero-order chi connectivity index (χ0) is 48.7. The van der Waals surface area contributed by atoms with Gasteiger partial charge in [0, 0.05) is 13.0 Å². The highest BCUT2D eigenvalue weighted by Crippen LogP contribution is 2.26. The van der Waals surface area contributed by atoms with Crippen LogP contribution in [0.1, 0.15) is 168 Å². The molecule has 11 atom stereocenters. The maximum absolute atomic E-state index is 12.9. The lowest BCUT2D eigenvalue weighted by atomic mass is 9.98. The molecule has 7 N–H and O–H groups in total. The second-order valence-corrected chi connectivity index (χ2v) is 18.0. The number of esters is 1. The lowest BCUT2D eigenvalue weighted by molar-refractivity contribution is -0.332. The van der Waals surface area contributed by atoms with Crippen molar-refractivity contribution in [2.45, 2.75) is 235 Å². The van der Waals surface area contributed by atoms with Gasteiger partial charge in [-0.25, -0.2) is 0 Å². The normalized spacial score (nSPS) is 26.6. The molecule has 0 bridgehead atoms. The monoisotopic (exact) mass is 953 g/mol. The van der Waals surface area contributed by atoms with Gasteiger partial charge in [0.15, 0.2) is 12.6 Å². The molecule has 14 heteroatoms. The third kappa shape index (κ3) is 28.2. The van der Waals surface area contributed by atoms with Crippen LogP contribution in [0.15, 0.2) is 60.8 Å². The highest BCUT2D eigenvalue weighted by Gasteiger charge is 2.47. The zero-order valence-electron chi connectivity index (χ0n) is 41.1. The van der Waals surface area contributed by atoms with Gasteiger partial charge in [-0.15, -0.1) is 0 Å². The molecule has 0 aromatic heterocycles. The van der Waals surface area contributed by atoms with Crippen molar-refractivity contribution in [3.63, 3.8) is 0 Å². The predicted octanol–water partition coefficient (Wildman–Crippen LogP) is 7.74. The Morgan fingerprint density at radius 3 is 1.52 bits per heavy atom. The lowest BCUT2D eigenvalue weighted by Gasteiger charge is -2.42. The number of carbonyl (C=O) groups is 1. The lowest BCUT2D eigenvalue weighted by Crippen LogP contribution is -2.61. The van der Waals surface area contributed by atoms with Crippen molar-refractivity contribution < 1.29 is 69.0 Å². The van der Waals surface area contributed by atoms with Crippen LogP contribution in [0.25, 0.3) is 0 Å². The van der Waals surface area contributed by atoms with Gasteiger partial charge in [0.05, 0.1) is 26.4 Å². The molecule has 0 radical (unpaired) electrons. The highest BCUT2D eigenvalue weighted by molar-refractivity contribution is 5.69. The van der Waals surface area contributed by atoms with Gasteiger partial charge in [-0.05, 0) is 57.8 Å². The molecule has 2 rings (SSSR count). The van der Waals surface area contributed by atoms with E-state index in [4.69, 9.17) is 28.4 Å². The Bertz CT molecular complexity index is 1340. The quantitative estimate of drug-likeness (QED) is 0.0178. The van der Waals surface area contributed by atoms with E-state index in [-0.39, 0.29) is 25.6 Å². The molecule has 11 unspecified atom stereocenters. The summed E-state index contributed by atoms with van der Waals surface area (Å²) in [6.07, 6.45) is 31.8. The van der Waals surface area contributed by atoms with Crippen molar-refractivity contribution in [2.24, 2.45) is 0 Å². The van der Waals surface area contributed by atoms with Crippen LogP contribution in [-0.2, 0) is 33.2 Å². The number of aliphatic hydroxyl groups excluding tert-OH is 7. The first-order chi connectivity index (χ1) is 32.6. The molecule has 67 heavy (non-hydrogen) atoms. The maximum Gasteiger partial charge on any atom is 0.306 e. The van der Waals surface area contributed by atoms with Crippen molar-refractivity contribution in [3.8, 4) is 0 Å². The van der Waals surface area contributed by atoms with Crippen LogP contribution in [0.4, 0.5) is 0 Å². The molecule has 2 aliphatic heterocycles. The van der Waals surface area contributed by atoms with E-state index in [2.05, 4.69) is 74.6 Å². The first-order valence-corrected chi connectivity index (χ1v) is 25.9. The van der Waals surface area contributed by atoms with Crippen LogP contribution < -0.4 is 0 Å². The molecule has 0 aromatic carbocycles. The summed E-state index contributed by atoms with van der Waals surface area (Å²) < 4.78 is 34.1. The average Bonchev–Trinajstić information content (AvgIpc) is 3.32. The Morgan fingerprint density at radius 1 is 0.507 bits per heavy atom. The number of ether oxygens (including phenoxy) is 6. The summed E-state index contributed by atoms with van der Waals surface area (Å²) in [6, 6.07) is 0. The van der Waals surface area contributed by atoms with Crippen LogP contribution in [-0.4, -0.2) is 142 Å². The fraction of sp³-hybridized carbons (Fsp3) is 0.792. The van der Waals surface area contributed by atoms with Crippen molar-refractivity contribution in [1.29, 1.82) is 0 Å². The second kappa shape index (κ2) is 40.4. The number of hydrogen-bond donors (Lipinski definition) is 7. The van der Waals surface area contributed by atoms with E-state index in [0.717, 1.165) is 77.0 Å². The summed E-state index contributed by atoms with van der Waals surface area (Å²) in [7, 11) is 0. The van der Waals surface area contributed by atoms with Crippen molar-refractivity contribution in [1.82, 2.24) is 0 Å².